The highest BCUT2D eigenvalue weighted by Gasteiger charge is 2.36. The molecule has 0 atom stereocenters. The van der Waals surface area contributed by atoms with Crippen LogP contribution in [0.25, 0.3) is 0 Å². The van der Waals surface area contributed by atoms with E-state index in [2.05, 4.69) is 37.7 Å². The molecule has 0 spiro atoms. The molecule has 0 bridgehead atoms. The van der Waals surface area contributed by atoms with Crippen molar-refractivity contribution in [2.45, 2.75) is 103 Å². The summed E-state index contributed by atoms with van der Waals surface area (Å²) >= 11 is 0. The van der Waals surface area contributed by atoms with Gasteiger partial charge in [0.1, 0.15) is 0 Å². The molecule has 0 amide bonds. The van der Waals surface area contributed by atoms with Crippen LogP contribution in [0.1, 0.15) is 89.1 Å². The number of nitrogens with two attached hydrogens (primary N) is 1. The Labute approximate surface area is 159 Å². The fraction of sp³-hybridized carbons (Fsp3) is 0.857. The van der Waals surface area contributed by atoms with Gasteiger partial charge in [0.15, 0.2) is 0 Å². The standard InChI is InChI=1S/C21H38N4O/c1-5-13-26-21(4)10-8-16(9-11-21)19-17(14-23-20(2,3)15-22)24-25-12-6-7-18(19)25/h16,23H,5-15,22H2,1-4H3. The van der Waals surface area contributed by atoms with E-state index < -0.39 is 0 Å². The van der Waals surface area contributed by atoms with Gasteiger partial charge in [0.2, 0.25) is 0 Å². The highest BCUT2D eigenvalue weighted by molar-refractivity contribution is 5.33. The number of fused-ring (bicyclic) bond motifs is 1. The molecule has 2 aliphatic rings. The van der Waals surface area contributed by atoms with E-state index in [9.17, 15) is 0 Å². The highest BCUT2D eigenvalue weighted by atomic mass is 16.5. The molecule has 1 fully saturated rings. The van der Waals surface area contributed by atoms with Gasteiger partial charge in [-0.05, 0) is 71.6 Å². The zero-order valence-electron chi connectivity index (χ0n) is 17.2. The van der Waals surface area contributed by atoms with Crippen LogP contribution in [0.2, 0.25) is 0 Å². The number of nitrogens with one attached hydrogen (secondary N) is 1. The molecule has 0 radical (unpaired) electrons. The number of rotatable bonds is 8. The van der Waals surface area contributed by atoms with Gasteiger partial charge in [-0.1, -0.05) is 6.92 Å². The smallest absolute Gasteiger partial charge is 0.0800 e. The van der Waals surface area contributed by atoms with Gasteiger partial charge in [0.25, 0.3) is 0 Å². The van der Waals surface area contributed by atoms with Gasteiger partial charge in [-0.2, -0.15) is 5.10 Å². The maximum absolute atomic E-state index is 6.17. The van der Waals surface area contributed by atoms with Crippen LogP contribution in [0.5, 0.6) is 0 Å². The predicted octanol–water partition coefficient (Wildman–Crippen LogP) is 3.50. The molecule has 5 heteroatoms. The van der Waals surface area contributed by atoms with Crippen molar-refractivity contribution in [3.8, 4) is 0 Å². The van der Waals surface area contributed by atoms with Crippen molar-refractivity contribution in [2.24, 2.45) is 5.73 Å². The van der Waals surface area contributed by atoms with Gasteiger partial charge in [-0.3, -0.25) is 4.68 Å². The summed E-state index contributed by atoms with van der Waals surface area (Å²) in [5.74, 6) is 0.632. The fourth-order valence-corrected chi connectivity index (χ4v) is 4.42. The van der Waals surface area contributed by atoms with Crippen molar-refractivity contribution < 1.29 is 4.74 Å². The van der Waals surface area contributed by atoms with Crippen molar-refractivity contribution in [3.05, 3.63) is 17.0 Å². The van der Waals surface area contributed by atoms with E-state index in [1.165, 1.54) is 37.1 Å². The molecule has 3 rings (SSSR count). The van der Waals surface area contributed by atoms with Gasteiger partial charge in [-0.15, -0.1) is 0 Å². The average Bonchev–Trinajstić information content (AvgIpc) is 3.20. The number of aromatic nitrogens is 2. The Balaban J connectivity index is 1.73. The second-order valence-electron chi connectivity index (χ2n) is 9.15. The summed E-state index contributed by atoms with van der Waals surface area (Å²) in [6.07, 6.45) is 8.26. The number of aryl methyl sites for hydroxylation is 1. The number of ether oxygens (including phenoxy) is 1. The average molecular weight is 363 g/mol. The molecule has 26 heavy (non-hydrogen) atoms. The molecule has 148 valence electrons. The Morgan fingerprint density at radius 3 is 2.73 bits per heavy atom. The summed E-state index contributed by atoms with van der Waals surface area (Å²) in [4.78, 5) is 0. The Morgan fingerprint density at radius 2 is 2.08 bits per heavy atom. The number of nitrogens with zero attached hydrogens (tertiary/aromatic N) is 2. The van der Waals surface area contributed by atoms with Crippen LogP contribution in [0.4, 0.5) is 0 Å². The molecule has 5 nitrogen and oxygen atoms in total. The monoisotopic (exact) mass is 362 g/mol. The molecule has 1 aliphatic carbocycles. The molecule has 2 heterocycles. The van der Waals surface area contributed by atoms with Crippen LogP contribution >= 0.6 is 0 Å². The second-order valence-corrected chi connectivity index (χ2v) is 9.15. The van der Waals surface area contributed by atoms with Crippen LogP contribution in [-0.4, -0.2) is 34.1 Å². The number of hydrogen-bond donors (Lipinski definition) is 2. The molecule has 1 saturated carbocycles. The lowest BCUT2D eigenvalue weighted by Gasteiger charge is -2.37. The minimum Gasteiger partial charge on any atom is -0.375 e. The van der Waals surface area contributed by atoms with E-state index in [-0.39, 0.29) is 11.1 Å². The zero-order valence-corrected chi connectivity index (χ0v) is 17.2. The van der Waals surface area contributed by atoms with Crippen LogP contribution in [0, 0.1) is 0 Å². The van der Waals surface area contributed by atoms with Crippen LogP contribution in [-0.2, 0) is 24.2 Å². The molecule has 0 saturated heterocycles. The lowest BCUT2D eigenvalue weighted by molar-refractivity contribution is -0.0590. The maximum atomic E-state index is 6.17. The van der Waals surface area contributed by atoms with Gasteiger partial charge >= 0.3 is 0 Å². The zero-order chi connectivity index (χ0) is 18.8. The third-order valence-electron chi connectivity index (χ3n) is 6.31. The molecule has 0 aromatic carbocycles. The molecule has 1 aliphatic heterocycles. The van der Waals surface area contributed by atoms with Gasteiger partial charge in [0.05, 0.1) is 11.3 Å². The normalized spacial score (nSPS) is 26.3. The van der Waals surface area contributed by atoms with Gasteiger partial charge in [-0.25, -0.2) is 0 Å². The molecule has 1 aromatic heterocycles. The van der Waals surface area contributed by atoms with E-state index in [1.807, 2.05) is 0 Å². The third kappa shape index (κ3) is 4.32. The summed E-state index contributed by atoms with van der Waals surface area (Å²) in [6, 6.07) is 0. The van der Waals surface area contributed by atoms with Crippen LogP contribution < -0.4 is 11.1 Å². The van der Waals surface area contributed by atoms with E-state index in [1.54, 1.807) is 5.56 Å². The lowest BCUT2D eigenvalue weighted by atomic mass is 9.76. The Hall–Kier alpha value is -0.910. The van der Waals surface area contributed by atoms with Crippen molar-refractivity contribution in [1.29, 1.82) is 0 Å². The first-order valence-electron chi connectivity index (χ1n) is 10.5. The third-order valence-corrected chi connectivity index (χ3v) is 6.31. The molecule has 3 N–H and O–H groups in total. The molecular weight excluding hydrogens is 324 g/mol. The number of hydrogen-bond acceptors (Lipinski definition) is 4. The Kier molecular flexibility index (Phi) is 6.10. The Morgan fingerprint density at radius 1 is 1.35 bits per heavy atom. The molecule has 0 unspecified atom stereocenters. The van der Waals surface area contributed by atoms with Gasteiger partial charge in [0, 0.05) is 43.0 Å². The minimum atomic E-state index is -0.0511. The molecule has 1 aromatic rings. The quantitative estimate of drug-likeness (QED) is 0.743. The summed E-state index contributed by atoms with van der Waals surface area (Å²) < 4.78 is 8.43. The lowest BCUT2D eigenvalue weighted by Crippen LogP contribution is -2.45. The summed E-state index contributed by atoms with van der Waals surface area (Å²) in [7, 11) is 0. The van der Waals surface area contributed by atoms with Crippen molar-refractivity contribution in [2.75, 3.05) is 13.2 Å². The van der Waals surface area contributed by atoms with E-state index in [4.69, 9.17) is 15.6 Å². The first-order chi connectivity index (χ1) is 12.4. The predicted molar refractivity (Wildman–Crippen MR) is 106 cm³/mol. The van der Waals surface area contributed by atoms with Crippen molar-refractivity contribution in [1.82, 2.24) is 15.1 Å². The fourth-order valence-electron chi connectivity index (χ4n) is 4.42. The van der Waals surface area contributed by atoms with E-state index >= 15 is 0 Å². The summed E-state index contributed by atoms with van der Waals surface area (Å²) in [5, 5.41) is 8.58. The topological polar surface area (TPSA) is 65.1 Å². The second kappa shape index (κ2) is 7.99. The van der Waals surface area contributed by atoms with Crippen LogP contribution in [0.3, 0.4) is 0 Å². The minimum absolute atomic E-state index is 0.0511. The summed E-state index contributed by atoms with van der Waals surface area (Å²) in [5.41, 5.74) is 10.2. The first-order valence-corrected chi connectivity index (χ1v) is 10.5. The Bertz CT molecular complexity index is 599. The van der Waals surface area contributed by atoms with E-state index in [0.29, 0.717) is 12.5 Å². The molecular formula is C21H38N4O. The summed E-state index contributed by atoms with van der Waals surface area (Å²) in [6.45, 7) is 12.2. The maximum Gasteiger partial charge on any atom is 0.0800 e. The van der Waals surface area contributed by atoms with Crippen molar-refractivity contribution >= 4 is 0 Å². The first kappa shape index (κ1) is 19.8. The van der Waals surface area contributed by atoms with Crippen molar-refractivity contribution in [3.63, 3.8) is 0 Å². The van der Waals surface area contributed by atoms with E-state index in [0.717, 1.165) is 39.0 Å². The van der Waals surface area contributed by atoms with Gasteiger partial charge < -0.3 is 15.8 Å². The SMILES string of the molecule is CCCOC1(C)CCC(c2c(CNC(C)(C)CN)nn3c2CCC3)CC1. The highest BCUT2D eigenvalue weighted by Crippen LogP contribution is 2.43. The van der Waals surface area contributed by atoms with Crippen LogP contribution in [0.15, 0.2) is 0 Å². The largest absolute Gasteiger partial charge is 0.375 e.